The van der Waals surface area contributed by atoms with Crippen LogP contribution in [0.2, 0.25) is 0 Å². The van der Waals surface area contributed by atoms with Gasteiger partial charge in [0.15, 0.2) is 0 Å². The third-order valence-corrected chi connectivity index (χ3v) is 5.75. The maximum atomic E-state index is 14.0. The van der Waals surface area contributed by atoms with Crippen molar-refractivity contribution in [3.63, 3.8) is 0 Å². The first-order valence-electron chi connectivity index (χ1n) is 13.1. The van der Waals surface area contributed by atoms with Crippen molar-refractivity contribution in [1.82, 2.24) is 15.5 Å². The van der Waals surface area contributed by atoms with E-state index >= 15 is 0 Å². The molecule has 0 aliphatic rings. The van der Waals surface area contributed by atoms with Crippen LogP contribution in [0, 0.1) is 12.8 Å². The van der Waals surface area contributed by atoms with Crippen LogP contribution in [0.5, 0.6) is 0 Å². The topological polar surface area (TPSA) is 114 Å². The van der Waals surface area contributed by atoms with E-state index in [2.05, 4.69) is 10.6 Å². The molecule has 0 bridgehead atoms. The molecule has 3 unspecified atom stereocenters. The highest BCUT2D eigenvalue weighted by Crippen LogP contribution is 2.25. The van der Waals surface area contributed by atoms with E-state index in [4.69, 9.17) is 9.47 Å². The van der Waals surface area contributed by atoms with E-state index in [1.165, 1.54) is 4.90 Å². The van der Waals surface area contributed by atoms with E-state index in [9.17, 15) is 19.2 Å². The average Bonchev–Trinajstić information content (AvgIpc) is 2.80. The third kappa shape index (κ3) is 10.8. The van der Waals surface area contributed by atoms with Gasteiger partial charge in [0.1, 0.15) is 17.7 Å². The highest BCUT2D eigenvalue weighted by atomic mass is 16.6. The molecular weight excluding hydrogens is 474 g/mol. The lowest BCUT2D eigenvalue weighted by atomic mass is 9.95. The quantitative estimate of drug-likeness (QED) is 0.376. The Morgan fingerprint density at radius 2 is 1.76 bits per heavy atom. The molecule has 0 saturated heterocycles. The fourth-order valence-corrected chi connectivity index (χ4v) is 3.83. The van der Waals surface area contributed by atoms with Crippen molar-refractivity contribution in [1.29, 1.82) is 0 Å². The molecule has 9 nitrogen and oxygen atoms in total. The van der Waals surface area contributed by atoms with Gasteiger partial charge >= 0.3 is 12.1 Å². The Bertz CT molecular complexity index is 911. The lowest BCUT2D eigenvalue weighted by Crippen LogP contribution is -2.55. The molecule has 0 aliphatic carbocycles. The van der Waals surface area contributed by atoms with Crippen molar-refractivity contribution >= 4 is 23.9 Å². The SMILES string of the molecule is CCCN(C(=O)C(NC(=O)OC(C)(C)C)C(C)CC)C(C(=O)NCCC(=O)OCC)c1cccc(C)c1. The predicted octanol–water partition coefficient (Wildman–Crippen LogP) is 4.28. The second-order valence-electron chi connectivity index (χ2n) is 10.2. The first-order valence-corrected chi connectivity index (χ1v) is 13.1. The fourth-order valence-electron chi connectivity index (χ4n) is 3.83. The minimum atomic E-state index is -0.943. The standard InChI is InChI=1S/C28H45N3O6/c1-9-17-31(26(34)23(20(5)10-2)30-27(35)37-28(6,7)8)24(21-14-12-13-19(4)18-21)25(33)29-16-15-22(32)36-11-3/h12-14,18,20,23-24H,9-11,15-17H2,1-8H3,(H,29,33)(H,30,35). The summed E-state index contributed by atoms with van der Waals surface area (Å²) in [5, 5.41) is 5.54. The van der Waals surface area contributed by atoms with Crippen LogP contribution >= 0.6 is 0 Å². The van der Waals surface area contributed by atoms with Crippen molar-refractivity contribution < 1.29 is 28.7 Å². The molecular formula is C28H45N3O6. The monoisotopic (exact) mass is 519 g/mol. The summed E-state index contributed by atoms with van der Waals surface area (Å²) in [7, 11) is 0. The Morgan fingerprint density at radius 3 is 2.30 bits per heavy atom. The number of alkyl carbamates (subject to hydrolysis) is 1. The van der Waals surface area contributed by atoms with Crippen LogP contribution < -0.4 is 10.6 Å². The zero-order valence-electron chi connectivity index (χ0n) is 23.7. The Kier molecular flexibility index (Phi) is 13.1. The first kappa shape index (κ1) is 31.9. The molecule has 1 rings (SSSR count). The number of hydrogen-bond donors (Lipinski definition) is 2. The lowest BCUT2D eigenvalue weighted by Gasteiger charge is -2.36. The van der Waals surface area contributed by atoms with Crippen LogP contribution in [-0.4, -0.2) is 60.1 Å². The minimum absolute atomic E-state index is 0.0253. The van der Waals surface area contributed by atoms with Gasteiger partial charge in [0, 0.05) is 13.1 Å². The zero-order chi connectivity index (χ0) is 28.2. The first-order chi connectivity index (χ1) is 17.3. The minimum Gasteiger partial charge on any atom is -0.466 e. The van der Waals surface area contributed by atoms with Gasteiger partial charge in [0.25, 0.3) is 0 Å². The third-order valence-electron chi connectivity index (χ3n) is 5.75. The Morgan fingerprint density at radius 1 is 1.08 bits per heavy atom. The van der Waals surface area contributed by atoms with Crippen molar-refractivity contribution in [3.8, 4) is 0 Å². The molecule has 0 radical (unpaired) electrons. The average molecular weight is 520 g/mol. The molecule has 208 valence electrons. The number of ether oxygens (including phenoxy) is 2. The molecule has 0 heterocycles. The van der Waals surface area contributed by atoms with Crippen molar-refractivity contribution in [3.05, 3.63) is 35.4 Å². The summed E-state index contributed by atoms with van der Waals surface area (Å²) in [6.45, 7) is 15.3. The highest BCUT2D eigenvalue weighted by molar-refractivity contribution is 5.92. The fraction of sp³-hybridized carbons (Fsp3) is 0.643. The van der Waals surface area contributed by atoms with E-state index in [-0.39, 0.29) is 31.4 Å². The molecule has 0 aromatic heterocycles. The van der Waals surface area contributed by atoms with Crippen molar-refractivity contribution in [2.24, 2.45) is 5.92 Å². The number of rotatable bonds is 13. The van der Waals surface area contributed by atoms with E-state index in [1.54, 1.807) is 33.8 Å². The van der Waals surface area contributed by atoms with Gasteiger partial charge in [-0.2, -0.15) is 0 Å². The van der Waals surface area contributed by atoms with Gasteiger partial charge < -0.3 is 25.0 Å². The van der Waals surface area contributed by atoms with E-state index in [0.717, 1.165) is 5.56 Å². The number of carbonyl (C=O) groups excluding carboxylic acids is 4. The Labute approximate surface area is 221 Å². The number of nitrogens with one attached hydrogen (secondary N) is 2. The molecule has 0 saturated carbocycles. The molecule has 9 heteroatoms. The van der Waals surface area contributed by atoms with Gasteiger partial charge in [-0.25, -0.2) is 4.79 Å². The molecule has 3 amide bonds. The summed E-state index contributed by atoms with van der Waals surface area (Å²) in [5.74, 6) is -1.38. The van der Waals surface area contributed by atoms with E-state index in [1.807, 2.05) is 45.9 Å². The number of esters is 1. The summed E-state index contributed by atoms with van der Waals surface area (Å²) < 4.78 is 10.4. The smallest absolute Gasteiger partial charge is 0.408 e. The van der Waals surface area contributed by atoms with Crippen molar-refractivity contribution in [2.45, 2.75) is 92.3 Å². The van der Waals surface area contributed by atoms with Gasteiger partial charge in [0.05, 0.1) is 13.0 Å². The molecule has 0 aliphatic heterocycles. The van der Waals surface area contributed by atoms with Crippen molar-refractivity contribution in [2.75, 3.05) is 19.7 Å². The second-order valence-corrected chi connectivity index (χ2v) is 10.2. The number of amides is 3. The normalized spacial score (nSPS) is 13.6. The van der Waals surface area contributed by atoms with Gasteiger partial charge in [-0.3, -0.25) is 14.4 Å². The van der Waals surface area contributed by atoms with Crippen LogP contribution in [-0.2, 0) is 23.9 Å². The number of benzene rings is 1. The maximum absolute atomic E-state index is 14.0. The number of carbonyl (C=O) groups is 4. The predicted molar refractivity (Wildman–Crippen MR) is 143 cm³/mol. The molecule has 3 atom stereocenters. The second kappa shape index (κ2) is 15.2. The summed E-state index contributed by atoms with van der Waals surface area (Å²) in [6, 6.07) is 5.59. The van der Waals surface area contributed by atoms with Gasteiger partial charge in [-0.1, -0.05) is 57.0 Å². The molecule has 37 heavy (non-hydrogen) atoms. The lowest BCUT2D eigenvalue weighted by molar-refractivity contribution is -0.145. The molecule has 0 fully saturated rings. The van der Waals surface area contributed by atoms with Crippen LogP contribution in [0.1, 0.15) is 84.9 Å². The zero-order valence-corrected chi connectivity index (χ0v) is 23.7. The van der Waals surface area contributed by atoms with Gasteiger partial charge in [-0.15, -0.1) is 0 Å². The molecule has 2 N–H and O–H groups in total. The van der Waals surface area contributed by atoms with Gasteiger partial charge in [-0.05, 0) is 52.5 Å². The molecule has 1 aromatic carbocycles. The van der Waals surface area contributed by atoms with Gasteiger partial charge in [0.2, 0.25) is 11.8 Å². The summed E-state index contributed by atoms with van der Waals surface area (Å²) in [4.78, 5) is 53.4. The molecule has 0 spiro atoms. The Balaban J connectivity index is 3.36. The summed E-state index contributed by atoms with van der Waals surface area (Å²) in [6.07, 6.45) is 0.572. The van der Waals surface area contributed by atoms with Crippen LogP contribution in [0.4, 0.5) is 4.79 Å². The largest absolute Gasteiger partial charge is 0.466 e. The Hall–Kier alpha value is -3.10. The number of aryl methyl sites for hydroxylation is 1. The maximum Gasteiger partial charge on any atom is 0.408 e. The van der Waals surface area contributed by atoms with Crippen LogP contribution in [0.3, 0.4) is 0 Å². The van der Waals surface area contributed by atoms with Crippen LogP contribution in [0.25, 0.3) is 0 Å². The highest BCUT2D eigenvalue weighted by Gasteiger charge is 2.37. The number of nitrogens with zero attached hydrogens (tertiary/aromatic N) is 1. The summed E-state index contributed by atoms with van der Waals surface area (Å²) >= 11 is 0. The number of hydrogen-bond acceptors (Lipinski definition) is 6. The van der Waals surface area contributed by atoms with Crippen LogP contribution in [0.15, 0.2) is 24.3 Å². The van der Waals surface area contributed by atoms with E-state index in [0.29, 0.717) is 24.9 Å². The van der Waals surface area contributed by atoms with E-state index < -0.39 is 35.7 Å². The molecule has 1 aromatic rings. The summed E-state index contributed by atoms with van der Waals surface area (Å²) in [5.41, 5.74) is 0.866.